The Hall–Kier alpha value is -5.47. The molecular weight excluding hydrogens is 508 g/mol. The Morgan fingerprint density at radius 3 is 1.45 bits per heavy atom. The van der Waals surface area contributed by atoms with Gasteiger partial charge in [-0.05, 0) is 68.3 Å². The molecule has 0 bridgehead atoms. The quantitative estimate of drug-likeness (QED) is 0.223. The molecule has 1 N–H and O–H groups in total. The van der Waals surface area contributed by atoms with E-state index in [-0.39, 0.29) is 0 Å². The van der Waals surface area contributed by atoms with E-state index >= 15 is 0 Å². The Labute approximate surface area is 245 Å². The van der Waals surface area contributed by atoms with Gasteiger partial charge in [-0.3, -0.25) is 0 Å². The summed E-state index contributed by atoms with van der Waals surface area (Å²) in [5, 5.41) is 3.95. The van der Waals surface area contributed by atoms with Crippen molar-refractivity contribution in [3.05, 3.63) is 185 Å². The molecule has 0 fully saturated rings. The van der Waals surface area contributed by atoms with Crippen molar-refractivity contribution in [2.75, 3.05) is 5.32 Å². The molecular formula is C40H26N2. The van der Waals surface area contributed by atoms with E-state index in [9.17, 15) is 0 Å². The van der Waals surface area contributed by atoms with E-state index in [1.807, 2.05) is 0 Å². The lowest BCUT2D eigenvalue weighted by Gasteiger charge is -2.41. The van der Waals surface area contributed by atoms with Crippen molar-refractivity contribution in [2.24, 2.45) is 4.99 Å². The van der Waals surface area contributed by atoms with E-state index < -0.39 is 5.41 Å². The maximum absolute atomic E-state index is 5.62. The van der Waals surface area contributed by atoms with Gasteiger partial charge < -0.3 is 5.32 Å². The molecule has 6 aromatic carbocycles. The van der Waals surface area contributed by atoms with Gasteiger partial charge in [0.2, 0.25) is 0 Å². The fourth-order valence-corrected chi connectivity index (χ4v) is 7.45. The first-order valence-corrected chi connectivity index (χ1v) is 14.5. The SMILES string of the molecule is c1ccc(N=C2C(=C3c4ccccc4-c4ccccc43)Nc3ccccc3C23c2ccccc2-c2ccccc23)cc1. The first-order chi connectivity index (χ1) is 20.9. The van der Waals surface area contributed by atoms with Crippen LogP contribution in [0.3, 0.4) is 0 Å². The number of fused-ring (bicyclic) bond motifs is 10. The highest BCUT2D eigenvalue weighted by molar-refractivity contribution is 6.26. The summed E-state index contributed by atoms with van der Waals surface area (Å²) in [5.41, 5.74) is 16.0. The van der Waals surface area contributed by atoms with Gasteiger partial charge in [0.1, 0.15) is 0 Å². The molecule has 9 rings (SSSR count). The molecule has 0 unspecified atom stereocenters. The van der Waals surface area contributed by atoms with Gasteiger partial charge in [-0.15, -0.1) is 0 Å². The number of nitrogens with zero attached hydrogens (tertiary/aromatic N) is 1. The average Bonchev–Trinajstić information content (AvgIpc) is 3.54. The van der Waals surface area contributed by atoms with Crippen LogP contribution in [0, 0.1) is 0 Å². The minimum Gasteiger partial charge on any atom is -0.353 e. The van der Waals surface area contributed by atoms with Crippen molar-refractivity contribution in [1.29, 1.82) is 0 Å². The zero-order valence-electron chi connectivity index (χ0n) is 22.9. The predicted molar refractivity (Wildman–Crippen MR) is 173 cm³/mol. The Balaban J connectivity index is 1.50. The van der Waals surface area contributed by atoms with E-state index in [2.05, 4.69) is 157 Å². The van der Waals surface area contributed by atoms with Crippen LogP contribution < -0.4 is 5.32 Å². The molecule has 0 amide bonds. The Bertz CT molecular complexity index is 2020. The maximum atomic E-state index is 5.62. The lowest BCUT2D eigenvalue weighted by Crippen LogP contribution is -2.43. The van der Waals surface area contributed by atoms with E-state index in [0.29, 0.717) is 0 Å². The summed E-state index contributed by atoms with van der Waals surface area (Å²) in [6.07, 6.45) is 0. The van der Waals surface area contributed by atoms with E-state index in [4.69, 9.17) is 4.99 Å². The van der Waals surface area contributed by atoms with Crippen molar-refractivity contribution in [3.8, 4) is 22.3 Å². The fourth-order valence-electron chi connectivity index (χ4n) is 7.45. The summed E-state index contributed by atoms with van der Waals surface area (Å²) in [6, 6.07) is 54.5. The third kappa shape index (κ3) is 3.01. The first-order valence-electron chi connectivity index (χ1n) is 14.5. The third-order valence-corrected chi connectivity index (χ3v) is 9.07. The van der Waals surface area contributed by atoms with Gasteiger partial charge in [0.05, 0.1) is 22.5 Å². The van der Waals surface area contributed by atoms with Crippen LogP contribution in [0.4, 0.5) is 11.4 Å². The van der Waals surface area contributed by atoms with E-state index in [1.165, 1.54) is 55.6 Å². The zero-order valence-corrected chi connectivity index (χ0v) is 22.9. The molecule has 1 spiro atoms. The summed E-state index contributed by atoms with van der Waals surface area (Å²) >= 11 is 0. The maximum Gasteiger partial charge on any atom is 0.0927 e. The van der Waals surface area contributed by atoms with Crippen LogP contribution in [-0.4, -0.2) is 5.71 Å². The summed E-state index contributed by atoms with van der Waals surface area (Å²) in [7, 11) is 0. The normalized spacial score (nSPS) is 16.0. The summed E-state index contributed by atoms with van der Waals surface area (Å²) < 4.78 is 0. The molecule has 2 nitrogen and oxygen atoms in total. The van der Waals surface area contributed by atoms with Crippen LogP contribution >= 0.6 is 0 Å². The molecule has 0 aromatic heterocycles. The zero-order chi connectivity index (χ0) is 27.7. The lowest BCUT2D eigenvalue weighted by molar-refractivity contribution is 0.843. The molecule has 1 heterocycles. The molecule has 6 aromatic rings. The molecule has 42 heavy (non-hydrogen) atoms. The number of aliphatic imine (C=N–C) groups is 1. The Morgan fingerprint density at radius 1 is 0.405 bits per heavy atom. The highest BCUT2D eigenvalue weighted by Crippen LogP contribution is 2.59. The molecule has 0 atom stereocenters. The number of nitrogens with one attached hydrogen (secondary N) is 1. The summed E-state index contributed by atoms with van der Waals surface area (Å²) in [4.78, 5) is 5.62. The topological polar surface area (TPSA) is 24.4 Å². The average molecular weight is 535 g/mol. The van der Waals surface area contributed by atoms with Crippen molar-refractivity contribution in [1.82, 2.24) is 0 Å². The van der Waals surface area contributed by atoms with Gasteiger partial charge in [0.15, 0.2) is 0 Å². The number of anilines is 1. The van der Waals surface area contributed by atoms with E-state index in [1.54, 1.807) is 0 Å². The van der Waals surface area contributed by atoms with E-state index in [0.717, 1.165) is 22.8 Å². The number of benzene rings is 6. The van der Waals surface area contributed by atoms with Gasteiger partial charge in [0, 0.05) is 11.3 Å². The van der Waals surface area contributed by atoms with Gasteiger partial charge in [-0.1, -0.05) is 133 Å². The largest absolute Gasteiger partial charge is 0.353 e. The van der Waals surface area contributed by atoms with Crippen molar-refractivity contribution in [2.45, 2.75) is 5.41 Å². The third-order valence-electron chi connectivity index (χ3n) is 9.07. The number of hydrogen-bond acceptors (Lipinski definition) is 2. The number of allylic oxidation sites excluding steroid dienone is 1. The van der Waals surface area contributed by atoms with Crippen molar-refractivity contribution >= 4 is 22.7 Å². The Morgan fingerprint density at radius 2 is 0.857 bits per heavy atom. The monoisotopic (exact) mass is 534 g/mol. The molecule has 0 saturated carbocycles. The van der Waals surface area contributed by atoms with Gasteiger partial charge >= 0.3 is 0 Å². The molecule has 1 aliphatic heterocycles. The standard InChI is InChI=1S/C40H26N2/c1-2-14-26(15-3-1)41-39-38(37-31-20-6-4-16-27(31)28-17-5-7-21-32(28)37)42-36-25-13-12-24-35(36)40(39)33-22-10-8-18-29(33)30-19-9-11-23-34(30)40/h1-25,42H. The fraction of sp³-hybridized carbons (Fsp3) is 0.0250. The summed E-state index contributed by atoms with van der Waals surface area (Å²) in [6.45, 7) is 0. The van der Waals surface area contributed by atoms with Gasteiger partial charge in [0.25, 0.3) is 0 Å². The van der Waals surface area contributed by atoms with Crippen LogP contribution in [0.2, 0.25) is 0 Å². The first kappa shape index (κ1) is 23.3. The number of para-hydroxylation sites is 2. The van der Waals surface area contributed by atoms with Crippen LogP contribution in [0.25, 0.3) is 27.8 Å². The predicted octanol–water partition coefficient (Wildman–Crippen LogP) is 9.64. The lowest BCUT2D eigenvalue weighted by atomic mass is 9.65. The van der Waals surface area contributed by atoms with Crippen LogP contribution in [0.1, 0.15) is 27.8 Å². The number of hydrogen-bond donors (Lipinski definition) is 1. The minimum absolute atomic E-state index is 0.598. The highest BCUT2D eigenvalue weighted by atomic mass is 15.0. The molecule has 2 aliphatic carbocycles. The second-order valence-electron chi connectivity index (χ2n) is 11.1. The van der Waals surface area contributed by atoms with Crippen LogP contribution in [-0.2, 0) is 5.41 Å². The van der Waals surface area contributed by atoms with Gasteiger partial charge in [-0.2, -0.15) is 0 Å². The molecule has 0 saturated heterocycles. The van der Waals surface area contributed by atoms with Crippen LogP contribution in [0.15, 0.2) is 162 Å². The molecule has 2 heteroatoms. The smallest absolute Gasteiger partial charge is 0.0927 e. The summed E-state index contributed by atoms with van der Waals surface area (Å²) in [5.74, 6) is 0. The second kappa shape index (κ2) is 8.76. The minimum atomic E-state index is -0.598. The molecule has 0 radical (unpaired) electrons. The van der Waals surface area contributed by atoms with Gasteiger partial charge in [-0.25, -0.2) is 4.99 Å². The highest BCUT2D eigenvalue weighted by Gasteiger charge is 2.53. The number of rotatable bonds is 1. The van der Waals surface area contributed by atoms with Crippen molar-refractivity contribution < 1.29 is 0 Å². The molecule has 196 valence electrons. The van der Waals surface area contributed by atoms with Crippen LogP contribution in [0.5, 0.6) is 0 Å². The van der Waals surface area contributed by atoms with Crippen molar-refractivity contribution in [3.63, 3.8) is 0 Å². The second-order valence-corrected chi connectivity index (χ2v) is 11.1. The molecule has 3 aliphatic rings. The Kier molecular flexibility index (Phi) is 4.85.